The maximum atomic E-state index is 2.98. The first-order valence-corrected chi connectivity index (χ1v) is 3.80. The lowest BCUT2D eigenvalue weighted by atomic mass is 10.3. The molecule has 0 aliphatic carbocycles. The summed E-state index contributed by atoms with van der Waals surface area (Å²) in [7, 11) is 0. The minimum atomic E-state index is 1.12. The van der Waals surface area contributed by atoms with Crippen molar-refractivity contribution in [1.82, 2.24) is 14.8 Å². The van der Waals surface area contributed by atoms with Gasteiger partial charge in [-0.2, -0.15) is 0 Å². The molecule has 0 bridgehead atoms. The Labute approximate surface area is 61.5 Å². The highest BCUT2D eigenvalue weighted by Crippen LogP contribution is 2.10. The second kappa shape index (κ2) is 2.22. The largest absolute Gasteiger partial charge is 0.285 e. The van der Waals surface area contributed by atoms with Crippen molar-refractivity contribution >= 4 is 21.7 Å². The summed E-state index contributed by atoms with van der Waals surface area (Å²) in [5, 5.41) is 5.78. The summed E-state index contributed by atoms with van der Waals surface area (Å²) in [6, 6.07) is 8.09. The van der Waals surface area contributed by atoms with Crippen LogP contribution in [0.3, 0.4) is 0 Å². The van der Waals surface area contributed by atoms with Crippen LogP contribution in [-0.2, 0) is 0 Å². The molecule has 0 spiro atoms. The first-order chi connectivity index (χ1) is 4.97. The number of benzene rings is 1. The van der Waals surface area contributed by atoms with Gasteiger partial charge in [-0.15, -0.1) is 0 Å². The van der Waals surface area contributed by atoms with Gasteiger partial charge in [-0.05, 0) is 23.7 Å². The molecule has 0 saturated heterocycles. The van der Waals surface area contributed by atoms with Crippen molar-refractivity contribution in [1.29, 1.82) is 0 Å². The van der Waals surface area contributed by atoms with Crippen molar-refractivity contribution in [2.75, 3.05) is 0 Å². The number of rotatable bonds is 0. The zero-order valence-corrected chi connectivity index (χ0v) is 6.03. The van der Waals surface area contributed by atoms with Crippen molar-refractivity contribution in [2.45, 2.75) is 0 Å². The predicted molar refractivity (Wildman–Crippen MR) is 42.5 cm³/mol. The van der Waals surface area contributed by atoms with Gasteiger partial charge in [0.25, 0.3) is 0 Å². The number of para-hydroxylation sites is 1. The maximum Gasteiger partial charge on any atom is 0.0742 e. The third kappa shape index (κ3) is 0.823. The Morgan fingerprint density at radius 1 is 1.20 bits per heavy atom. The van der Waals surface area contributed by atoms with E-state index >= 15 is 0 Å². The van der Waals surface area contributed by atoms with E-state index < -0.39 is 0 Å². The molecule has 1 aromatic carbocycles. The molecule has 4 heteroatoms. The minimum Gasteiger partial charge on any atom is -0.285 e. The van der Waals surface area contributed by atoms with Crippen molar-refractivity contribution in [3.63, 3.8) is 0 Å². The highest BCUT2D eigenvalue weighted by atomic mass is 32.1. The number of fused-ring (bicyclic) bond motifs is 1. The van der Waals surface area contributed by atoms with Crippen LogP contribution in [0.1, 0.15) is 0 Å². The third-order valence-corrected chi connectivity index (χ3v) is 2.08. The average molecular weight is 153 g/mol. The van der Waals surface area contributed by atoms with E-state index in [0.717, 1.165) is 5.52 Å². The van der Waals surface area contributed by atoms with Crippen LogP contribution in [0.25, 0.3) is 10.2 Å². The molecule has 0 fully saturated rings. The zero-order chi connectivity index (χ0) is 6.81. The average Bonchev–Trinajstić information content (AvgIpc) is 2.05. The van der Waals surface area contributed by atoms with E-state index in [0.29, 0.717) is 0 Å². The lowest BCUT2D eigenvalue weighted by molar-refractivity contribution is 0.949. The summed E-state index contributed by atoms with van der Waals surface area (Å²) < 4.78 is 4.11. The Balaban J connectivity index is 2.89. The van der Waals surface area contributed by atoms with E-state index in [1.165, 1.54) is 4.70 Å². The molecule has 0 aliphatic rings. The van der Waals surface area contributed by atoms with E-state index in [9.17, 15) is 0 Å². The molecule has 1 aromatic heterocycles. The van der Waals surface area contributed by atoms with Crippen molar-refractivity contribution in [3.8, 4) is 0 Å². The number of hydrogen-bond acceptors (Lipinski definition) is 1. The molecule has 52 valence electrons. The van der Waals surface area contributed by atoms with Gasteiger partial charge in [0.1, 0.15) is 0 Å². The zero-order valence-electron chi connectivity index (χ0n) is 5.22. The van der Waals surface area contributed by atoms with Gasteiger partial charge in [-0.1, -0.05) is 12.1 Å². The number of aromatic amines is 3. The van der Waals surface area contributed by atoms with E-state index in [1.54, 1.807) is 11.5 Å². The fourth-order valence-electron chi connectivity index (χ4n) is 0.832. The summed E-state index contributed by atoms with van der Waals surface area (Å²) in [4.78, 5) is 0. The maximum absolute atomic E-state index is 2.98. The van der Waals surface area contributed by atoms with E-state index in [1.807, 2.05) is 18.2 Å². The molecule has 0 unspecified atom stereocenters. The van der Waals surface area contributed by atoms with E-state index in [-0.39, 0.29) is 0 Å². The quantitative estimate of drug-likeness (QED) is 0.518. The monoisotopic (exact) mass is 153 g/mol. The Hall–Kier alpha value is -1.16. The Morgan fingerprint density at radius 3 is 3.00 bits per heavy atom. The Bertz CT molecular complexity index is 284. The standard InChI is InChI=1S/C6H7N3S/c1-2-4-6-5(3-1)7-8-9-10-6/h1-4,7-9H. The van der Waals surface area contributed by atoms with Crippen LogP contribution in [0, 0.1) is 0 Å². The van der Waals surface area contributed by atoms with Gasteiger partial charge in [0.2, 0.25) is 0 Å². The van der Waals surface area contributed by atoms with Crippen LogP contribution in [0.2, 0.25) is 0 Å². The molecule has 0 atom stereocenters. The molecule has 0 saturated carbocycles. The fourth-order valence-corrected chi connectivity index (χ4v) is 1.42. The molecule has 2 aromatic rings. The highest BCUT2D eigenvalue weighted by Gasteiger charge is 1.86. The summed E-state index contributed by atoms with van der Waals surface area (Å²) in [6.45, 7) is 0. The van der Waals surface area contributed by atoms with Crippen molar-refractivity contribution in [3.05, 3.63) is 24.3 Å². The highest BCUT2D eigenvalue weighted by molar-refractivity contribution is 7.12. The van der Waals surface area contributed by atoms with Gasteiger partial charge in [-0.3, -0.25) is 5.10 Å². The number of H-pyrrole nitrogens is 3. The number of nitrogens with one attached hydrogen (secondary N) is 3. The van der Waals surface area contributed by atoms with Crippen LogP contribution in [0.4, 0.5) is 0 Å². The van der Waals surface area contributed by atoms with Gasteiger partial charge < -0.3 is 0 Å². The molecule has 0 amide bonds. The van der Waals surface area contributed by atoms with Crippen LogP contribution < -0.4 is 0 Å². The molecule has 1 heterocycles. The third-order valence-electron chi connectivity index (χ3n) is 1.30. The van der Waals surface area contributed by atoms with Crippen LogP contribution >= 0.6 is 11.5 Å². The summed E-state index contributed by atoms with van der Waals surface area (Å²) in [5.74, 6) is 0. The fraction of sp³-hybridized carbons (Fsp3) is 0. The molecule has 0 aliphatic heterocycles. The van der Waals surface area contributed by atoms with Crippen LogP contribution in [0.15, 0.2) is 24.3 Å². The lowest BCUT2D eigenvalue weighted by Gasteiger charge is -1.93. The number of aromatic nitrogens is 3. The van der Waals surface area contributed by atoms with Crippen molar-refractivity contribution in [2.24, 2.45) is 0 Å². The van der Waals surface area contributed by atoms with Gasteiger partial charge >= 0.3 is 0 Å². The predicted octanol–water partition coefficient (Wildman–Crippen LogP) is 2.01. The first kappa shape index (κ1) is 5.61. The molecule has 10 heavy (non-hydrogen) atoms. The van der Waals surface area contributed by atoms with Gasteiger partial charge in [-0.25, -0.2) is 9.70 Å². The Morgan fingerprint density at radius 2 is 2.10 bits per heavy atom. The molecular formula is C6H7N3S. The molecule has 0 radical (unpaired) electrons. The molecular weight excluding hydrogens is 146 g/mol. The van der Waals surface area contributed by atoms with Crippen molar-refractivity contribution < 1.29 is 0 Å². The SMILES string of the molecule is c1ccc2s[nH][nH][nH]c2c1. The molecule has 3 nitrogen and oxygen atoms in total. The van der Waals surface area contributed by atoms with Crippen LogP contribution in [-0.4, -0.2) is 14.8 Å². The van der Waals surface area contributed by atoms with Gasteiger partial charge in [0, 0.05) is 0 Å². The number of hydrogen-bond donors (Lipinski definition) is 3. The second-order valence-corrected chi connectivity index (χ2v) is 2.80. The summed E-state index contributed by atoms with van der Waals surface area (Å²) in [6.07, 6.45) is 0. The summed E-state index contributed by atoms with van der Waals surface area (Å²) >= 11 is 1.57. The molecule has 2 rings (SSSR count). The van der Waals surface area contributed by atoms with Gasteiger partial charge in [0.15, 0.2) is 0 Å². The smallest absolute Gasteiger partial charge is 0.0742 e. The normalized spacial score (nSPS) is 10.0. The first-order valence-electron chi connectivity index (χ1n) is 2.99. The molecule has 3 N–H and O–H groups in total. The topological polar surface area (TPSA) is 47.4 Å². The van der Waals surface area contributed by atoms with E-state index in [2.05, 4.69) is 20.9 Å². The Kier molecular flexibility index (Phi) is 1.25. The minimum absolute atomic E-state index is 1.12. The van der Waals surface area contributed by atoms with Gasteiger partial charge in [0.05, 0.1) is 10.2 Å². The van der Waals surface area contributed by atoms with E-state index in [4.69, 9.17) is 0 Å². The summed E-state index contributed by atoms with van der Waals surface area (Å²) in [5.41, 5.74) is 1.12. The van der Waals surface area contributed by atoms with Crippen LogP contribution in [0.5, 0.6) is 0 Å². The second-order valence-electron chi connectivity index (χ2n) is 1.95. The lowest BCUT2D eigenvalue weighted by Crippen LogP contribution is -1.81.